The quantitative estimate of drug-likeness (QED) is 0.580. The number of carbonyl (C=O) groups is 2. The van der Waals surface area contributed by atoms with Gasteiger partial charge in [0.05, 0.1) is 6.04 Å². The van der Waals surface area contributed by atoms with Gasteiger partial charge in [0.15, 0.2) is 18.5 Å². The average molecular weight is 437 g/mol. The summed E-state index contributed by atoms with van der Waals surface area (Å²) in [5.74, 6) is -0.447. The molecule has 0 aliphatic carbocycles. The smallest absolute Gasteiger partial charge is 0.255 e. The Morgan fingerprint density at radius 2 is 1.62 bits per heavy atom. The first-order valence-corrected chi connectivity index (χ1v) is 11.6. The number of amides is 2. The standard InChI is InChI=1S/C26H32N2O4/c1-2-3-4-11-16-27-24(29)22-23-25(30)28(18-20-14-9-6-10-15-20)21(26(31-22)32-23)17-19-12-7-5-8-13-19/h5-10,12-15,21-23,26H,2-4,11,16-18H2,1H3,(H,27,29)/t21-,22+,23+,26+/m0/s1. The fourth-order valence-electron chi connectivity index (χ4n) is 4.41. The fourth-order valence-corrected chi connectivity index (χ4v) is 4.41. The monoisotopic (exact) mass is 436 g/mol. The summed E-state index contributed by atoms with van der Waals surface area (Å²) in [6.45, 7) is 3.20. The van der Waals surface area contributed by atoms with Crippen LogP contribution in [-0.2, 0) is 32.0 Å². The van der Waals surface area contributed by atoms with Gasteiger partial charge in [-0.3, -0.25) is 9.59 Å². The molecule has 2 bridgehead atoms. The number of carbonyl (C=O) groups excluding carboxylic acids is 2. The second kappa shape index (κ2) is 10.7. The average Bonchev–Trinajstić information content (AvgIpc) is 3.23. The number of rotatable bonds is 10. The number of hydrogen-bond donors (Lipinski definition) is 1. The third-order valence-electron chi connectivity index (χ3n) is 6.15. The lowest BCUT2D eigenvalue weighted by Crippen LogP contribution is -2.56. The second-order valence-corrected chi connectivity index (χ2v) is 8.54. The van der Waals surface area contributed by atoms with Gasteiger partial charge in [-0.05, 0) is 24.0 Å². The molecular weight excluding hydrogens is 404 g/mol. The Morgan fingerprint density at radius 3 is 2.31 bits per heavy atom. The van der Waals surface area contributed by atoms with Gasteiger partial charge in [-0.25, -0.2) is 0 Å². The van der Waals surface area contributed by atoms with Crippen LogP contribution in [0.25, 0.3) is 0 Å². The second-order valence-electron chi connectivity index (χ2n) is 8.54. The molecule has 2 aliphatic heterocycles. The summed E-state index contributed by atoms with van der Waals surface area (Å²) in [6, 6.07) is 19.6. The molecule has 2 aliphatic rings. The number of fused-ring (bicyclic) bond motifs is 2. The molecule has 2 aromatic carbocycles. The van der Waals surface area contributed by atoms with E-state index in [1.807, 2.05) is 65.6 Å². The van der Waals surface area contributed by atoms with Crippen LogP contribution in [0.15, 0.2) is 60.7 Å². The van der Waals surface area contributed by atoms with Crippen LogP contribution in [0.2, 0.25) is 0 Å². The van der Waals surface area contributed by atoms with Crippen LogP contribution in [0.4, 0.5) is 0 Å². The molecule has 0 unspecified atom stereocenters. The lowest BCUT2D eigenvalue weighted by Gasteiger charge is -2.38. The number of hydrogen-bond acceptors (Lipinski definition) is 4. The van der Waals surface area contributed by atoms with Crippen LogP contribution in [0.3, 0.4) is 0 Å². The van der Waals surface area contributed by atoms with Gasteiger partial charge in [0.1, 0.15) is 0 Å². The number of nitrogens with zero attached hydrogens (tertiary/aromatic N) is 1. The van der Waals surface area contributed by atoms with E-state index < -0.39 is 18.5 Å². The van der Waals surface area contributed by atoms with Crippen LogP contribution in [0.5, 0.6) is 0 Å². The third-order valence-corrected chi connectivity index (χ3v) is 6.15. The van der Waals surface area contributed by atoms with Crippen molar-refractivity contribution in [2.75, 3.05) is 6.54 Å². The Bertz CT molecular complexity index is 889. The van der Waals surface area contributed by atoms with Gasteiger partial charge in [-0.1, -0.05) is 86.8 Å². The van der Waals surface area contributed by atoms with E-state index in [-0.39, 0.29) is 17.9 Å². The Morgan fingerprint density at radius 1 is 0.938 bits per heavy atom. The molecule has 2 heterocycles. The van der Waals surface area contributed by atoms with Crippen molar-refractivity contribution in [2.45, 2.75) is 70.1 Å². The van der Waals surface area contributed by atoms with E-state index in [4.69, 9.17) is 9.47 Å². The number of benzene rings is 2. The van der Waals surface area contributed by atoms with Crippen molar-refractivity contribution < 1.29 is 19.1 Å². The Hall–Kier alpha value is -2.70. The molecular formula is C26H32N2O4. The SMILES string of the molecule is CCCCCCNC(=O)[C@@H]1O[C@@H]2O[C@H]1C(=O)N(Cc1ccccc1)[C@H]2Cc1ccccc1. The van der Waals surface area contributed by atoms with Crippen molar-refractivity contribution in [2.24, 2.45) is 0 Å². The maximum Gasteiger partial charge on any atom is 0.255 e. The normalized spacial score (nSPS) is 24.5. The molecule has 2 saturated heterocycles. The molecule has 2 aromatic rings. The highest BCUT2D eigenvalue weighted by Gasteiger charge is 2.55. The van der Waals surface area contributed by atoms with Gasteiger partial charge in [0.25, 0.3) is 11.8 Å². The molecule has 2 amide bonds. The summed E-state index contributed by atoms with van der Waals surface area (Å²) < 4.78 is 12.0. The predicted octanol–water partition coefficient (Wildman–Crippen LogP) is 3.45. The highest BCUT2D eigenvalue weighted by atomic mass is 16.7. The zero-order chi connectivity index (χ0) is 22.3. The van der Waals surface area contributed by atoms with Crippen LogP contribution in [-0.4, -0.2) is 47.8 Å². The molecule has 0 saturated carbocycles. The molecule has 170 valence electrons. The van der Waals surface area contributed by atoms with Gasteiger partial charge < -0.3 is 19.7 Å². The van der Waals surface area contributed by atoms with Crippen LogP contribution in [0.1, 0.15) is 43.7 Å². The lowest BCUT2D eigenvalue weighted by molar-refractivity contribution is -0.177. The summed E-state index contributed by atoms with van der Waals surface area (Å²) >= 11 is 0. The van der Waals surface area contributed by atoms with Crippen molar-refractivity contribution in [3.8, 4) is 0 Å². The van der Waals surface area contributed by atoms with Crippen molar-refractivity contribution in [3.05, 3.63) is 71.8 Å². The van der Waals surface area contributed by atoms with Gasteiger partial charge in [-0.2, -0.15) is 0 Å². The first kappa shape index (κ1) is 22.5. The summed E-state index contributed by atoms with van der Waals surface area (Å²) in [4.78, 5) is 28.1. The first-order chi connectivity index (χ1) is 15.7. The zero-order valence-corrected chi connectivity index (χ0v) is 18.6. The van der Waals surface area contributed by atoms with Crippen LogP contribution < -0.4 is 5.32 Å². The molecule has 2 fully saturated rings. The van der Waals surface area contributed by atoms with E-state index in [9.17, 15) is 9.59 Å². The van der Waals surface area contributed by atoms with Crippen LogP contribution >= 0.6 is 0 Å². The van der Waals surface area contributed by atoms with E-state index >= 15 is 0 Å². The largest absolute Gasteiger partial charge is 0.354 e. The summed E-state index contributed by atoms with van der Waals surface area (Å²) in [7, 11) is 0. The van der Waals surface area contributed by atoms with Gasteiger partial charge in [0, 0.05) is 13.1 Å². The number of nitrogens with one attached hydrogen (secondary N) is 1. The molecule has 0 radical (unpaired) electrons. The minimum atomic E-state index is -0.905. The number of unbranched alkanes of at least 4 members (excludes halogenated alkanes) is 3. The minimum Gasteiger partial charge on any atom is -0.354 e. The molecule has 4 rings (SSSR count). The first-order valence-electron chi connectivity index (χ1n) is 11.6. The molecule has 6 nitrogen and oxygen atoms in total. The molecule has 6 heteroatoms. The lowest BCUT2D eigenvalue weighted by atomic mass is 10.0. The Kier molecular flexibility index (Phi) is 7.55. The Labute approximate surface area is 189 Å². The van der Waals surface area contributed by atoms with E-state index in [2.05, 4.69) is 12.2 Å². The van der Waals surface area contributed by atoms with Crippen molar-refractivity contribution in [1.82, 2.24) is 10.2 Å². The highest BCUT2D eigenvalue weighted by Crippen LogP contribution is 2.34. The zero-order valence-electron chi connectivity index (χ0n) is 18.6. The van der Waals surface area contributed by atoms with Crippen molar-refractivity contribution in [1.29, 1.82) is 0 Å². The Balaban J connectivity index is 1.49. The number of morpholine rings is 1. The summed E-state index contributed by atoms with van der Waals surface area (Å²) in [5.41, 5.74) is 2.13. The topological polar surface area (TPSA) is 67.9 Å². The van der Waals surface area contributed by atoms with Gasteiger partial charge in [-0.15, -0.1) is 0 Å². The molecule has 4 atom stereocenters. The van der Waals surface area contributed by atoms with E-state index in [1.54, 1.807) is 0 Å². The highest BCUT2D eigenvalue weighted by molar-refractivity contribution is 5.92. The van der Waals surface area contributed by atoms with E-state index in [0.717, 1.165) is 36.8 Å². The summed E-state index contributed by atoms with van der Waals surface area (Å²) in [5, 5.41) is 2.93. The molecule has 0 aromatic heterocycles. The number of ether oxygens (including phenoxy) is 2. The van der Waals surface area contributed by atoms with Gasteiger partial charge >= 0.3 is 0 Å². The van der Waals surface area contributed by atoms with E-state index in [1.165, 1.54) is 0 Å². The van der Waals surface area contributed by atoms with Crippen molar-refractivity contribution >= 4 is 11.8 Å². The van der Waals surface area contributed by atoms with Gasteiger partial charge in [0.2, 0.25) is 0 Å². The predicted molar refractivity (Wildman–Crippen MR) is 122 cm³/mol. The molecule has 32 heavy (non-hydrogen) atoms. The fraction of sp³-hybridized carbons (Fsp3) is 0.462. The molecule has 0 spiro atoms. The van der Waals surface area contributed by atoms with Crippen LogP contribution in [0, 0.1) is 0 Å². The van der Waals surface area contributed by atoms with E-state index in [0.29, 0.717) is 19.5 Å². The van der Waals surface area contributed by atoms with Crippen molar-refractivity contribution in [3.63, 3.8) is 0 Å². The summed E-state index contributed by atoms with van der Waals surface area (Å²) in [6.07, 6.45) is 2.47. The maximum atomic E-state index is 13.5. The molecule has 1 N–H and O–H groups in total. The minimum absolute atomic E-state index is 0.185. The maximum absolute atomic E-state index is 13.5. The third kappa shape index (κ3) is 5.19.